The zero-order valence-electron chi connectivity index (χ0n) is 10.6. The maximum Gasteiger partial charge on any atom is 0.251 e. The van der Waals surface area contributed by atoms with E-state index in [2.05, 4.69) is 5.32 Å². The molecule has 0 atom stereocenters. The molecule has 2 aromatic rings. The van der Waals surface area contributed by atoms with E-state index in [1.54, 1.807) is 48.5 Å². The SMILES string of the molecule is NC(=O)c1ccc(CNC(=O)c2cccc(Cl)c2)cc1. The summed E-state index contributed by atoms with van der Waals surface area (Å²) in [6.45, 7) is 0.365. The number of nitrogens with one attached hydrogen (secondary N) is 1. The minimum Gasteiger partial charge on any atom is -0.366 e. The number of amides is 2. The van der Waals surface area contributed by atoms with Crippen LogP contribution in [-0.2, 0) is 6.54 Å². The second-order valence-corrected chi connectivity index (χ2v) is 4.69. The van der Waals surface area contributed by atoms with Crippen molar-refractivity contribution in [1.29, 1.82) is 0 Å². The van der Waals surface area contributed by atoms with Crippen LogP contribution < -0.4 is 11.1 Å². The van der Waals surface area contributed by atoms with E-state index in [1.165, 1.54) is 0 Å². The monoisotopic (exact) mass is 288 g/mol. The highest BCUT2D eigenvalue weighted by molar-refractivity contribution is 6.30. The fraction of sp³-hybridized carbons (Fsp3) is 0.0667. The van der Waals surface area contributed by atoms with Crippen LogP contribution in [-0.4, -0.2) is 11.8 Å². The van der Waals surface area contributed by atoms with Crippen LogP contribution in [0.2, 0.25) is 5.02 Å². The van der Waals surface area contributed by atoms with Gasteiger partial charge in [-0.2, -0.15) is 0 Å². The summed E-state index contributed by atoms with van der Waals surface area (Å²) < 4.78 is 0. The van der Waals surface area contributed by atoms with Gasteiger partial charge in [-0.25, -0.2) is 0 Å². The van der Waals surface area contributed by atoms with Gasteiger partial charge >= 0.3 is 0 Å². The molecule has 0 aliphatic rings. The topological polar surface area (TPSA) is 72.2 Å². The molecule has 20 heavy (non-hydrogen) atoms. The summed E-state index contributed by atoms with van der Waals surface area (Å²) in [6.07, 6.45) is 0. The quantitative estimate of drug-likeness (QED) is 0.906. The molecule has 0 spiro atoms. The normalized spacial score (nSPS) is 10.1. The van der Waals surface area contributed by atoms with Gasteiger partial charge in [0.25, 0.3) is 5.91 Å². The van der Waals surface area contributed by atoms with Gasteiger partial charge < -0.3 is 11.1 Å². The van der Waals surface area contributed by atoms with Crippen LogP contribution in [0.5, 0.6) is 0 Å². The molecule has 0 saturated heterocycles. The van der Waals surface area contributed by atoms with Crippen LogP contribution in [0.15, 0.2) is 48.5 Å². The van der Waals surface area contributed by atoms with Crippen LogP contribution in [0.25, 0.3) is 0 Å². The van der Waals surface area contributed by atoms with Crippen molar-refractivity contribution in [3.8, 4) is 0 Å². The number of benzene rings is 2. The number of hydrogen-bond donors (Lipinski definition) is 2. The molecule has 2 aromatic carbocycles. The first kappa shape index (κ1) is 14.1. The van der Waals surface area contributed by atoms with Crippen molar-refractivity contribution >= 4 is 23.4 Å². The third-order valence-corrected chi connectivity index (χ3v) is 3.01. The lowest BCUT2D eigenvalue weighted by Gasteiger charge is -2.06. The molecule has 0 unspecified atom stereocenters. The Morgan fingerprint density at radius 2 is 1.75 bits per heavy atom. The van der Waals surface area contributed by atoms with Crippen LogP contribution in [0, 0.1) is 0 Å². The molecule has 0 heterocycles. The molecule has 3 N–H and O–H groups in total. The van der Waals surface area contributed by atoms with Crippen LogP contribution in [0.4, 0.5) is 0 Å². The molecule has 0 radical (unpaired) electrons. The highest BCUT2D eigenvalue weighted by Gasteiger charge is 2.06. The molecule has 0 fully saturated rings. The van der Waals surface area contributed by atoms with Gasteiger partial charge in [0, 0.05) is 22.7 Å². The molecule has 102 valence electrons. The van der Waals surface area contributed by atoms with Gasteiger partial charge in [-0.1, -0.05) is 29.8 Å². The van der Waals surface area contributed by atoms with Gasteiger partial charge in [0.1, 0.15) is 0 Å². The fourth-order valence-corrected chi connectivity index (χ4v) is 1.89. The zero-order valence-corrected chi connectivity index (χ0v) is 11.4. The Balaban J connectivity index is 1.98. The van der Waals surface area contributed by atoms with E-state index in [1.807, 2.05) is 0 Å². The first-order chi connectivity index (χ1) is 9.56. The lowest BCUT2D eigenvalue weighted by Crippen LogP contribution is -2.22. The molecule has 5 heteroatoms. The highest BCUT2D eigenvalue weighted by atomic mass is 35.5. The van der Waals surface area contributed by atoms with Crippen molar-refractivity contribution in [2.45, 2.75) is 6.54 Å². The van der Waals surface area contributed by atoms with Crippen LogP contribution in [0.1, 0.15) is 26.3 Å². The average molecular weight is 289 g/mol. The van der Waals surface area contributed by atoms with Crippen molar-refractivity contribution in [1.82, 2.24) is 5.32 Å². The van der Waals surface area contributed by atoms with E-state index in [0.29, 0.717) is 22.7 Å². The van der Waals surface area contributed by atoms with Gasteiger partial charge in [-0.3, -0.25) is 9.59 Å². The Labute approximate surface area is 121 Å². The molecular weight excluding hydrogens is 276 g/mol. The second-order valence-electron chi connectivity index (χ2n) is 4.25. The van der Waals surface area contributed by atoms with E-state index in [9.17, 15) is 9.59 Å². The third kappa shape index (κ3) is 3.59. The average Bonchev–Trinajstić information content (AvgIpc) is 2.45. The number of rotatable bonds is 4. The number of hydrogen-bond acceptors (Lipinski definition) is 2. The Morgan fingerprint density at radius 3 is 2.35 bits per heavy atom. The smallest absolute Gasteiger partial charge is 0.251 e. The van der Waals surface area contributed by atoms with Crippen molar-refractivity contribution in [3.05, 3.63) is 70.2 Å². The van der Waals surface area contributed by atoms with Crippen molar-refractivity contribution in [3.63, 3.8) is 0 Å². The van der Waals surface area contributed by atoms with Crippen LogP contribution >= 0.6 is 11.6 Å². The fourth-order valence-electron chi connectivity index (χ4n) is 1.70. The number of halogens is 1. The summed E-state index contributed by atoms with van der Waals surface area (Å²) in [7, 11) is 0. The van der Waals surface area contributed by atoms with E-state index in [-0.39, 0.29) is 5.91 Å². The summed E-state index contributed by atoms with van der Waals surface area (Å²) in [4.78, 5) is 22.8. The Hall–Kier alpha value is -2.33. The number of primary amides is 1. The number of nitrogens with two attached hydrogens (primary N) is 1. The van der Waals surface area contributed by atoms with Crippen molar-refractivity contribution in [2.24, 2.45) is 5.73 Å². The molecule has 4 nitrogen and oxygen atoms in total. The predicted octanol–water partition coefficient (Wildman–Crippen LogP) is 2.37. The Bertz CT molecular complexity index is 639. The molecule has 0 bridgehead atoms. The molecule has 2 rings (SSSR count). The molecule has 2 amide bonds. The molecular formula is C15H13ClN2O2. The van der Waals surface area contributed by atoms with E-state index in [4.69, 9.17) is 17.3 Å². The number of carbonyl (C=O) groups excluding carboxylic acids is 2. The number of carbonyl (C=O) groups is 2. The third-order valence-electron chi connectivity index (χ3n) is 2.78. The summed E-state index contributed by atoms with van der Waals surface area (Å²) in [5, 5.41) is 3.29. The lowest BCUT2D eigenvalue weighted by molar-refractivity contribution is 0.0949. The van der Waals surface area contributed by atoms with Crippen molar-refractivity contribution in [2.75, 3.05) is 0 Å². The van der Waals surface area contributed by atoms with Crippen molar-refractivity contribution < 1.29 is 9.59 Å². The van der Waals surface area contributed by atoms with E-state index < -0.39 is 5.91 Å². The van der Waals surface area contributed by atoms with Gasteiger partial charge in [0.2, 0.25) is 5.91 Å². The highest BCUT2D eigenvalue weighted by Crippen LogP contribution is 2.11. The predicted molar refractivity (Wildman–Crippen MR) is 77.6 cm³/mol. The Kier molecular flexibility index (Phi) is 4.38. The standard InChI is InChI=1S/C15H13ClN2O2/c16-13-3-1-2-12(8-13)15(20)18-9-10-4-6-11(7-5-10)14(17)19/h1-8H,9H2,(H2,17,19)(H,18,20). The largest absolute Gasteiger partial charge is 0.366 e. The molecule has 0 saturated carbocycles. The maximum absolute atomic E-state index is 11.9. The molecule has 0 aliphatic carbocycles. The van der Waals surface area contributed by atoms with E-state index >= 15 is 0 Å². The first-order valence-electron chi connectivity index (χ1n) is 5.99. The van der Waals surface area contributed by atoms with Gasteiger partial charge in [-0.05, 0) is 35.9 Å². The summed E-state index contributed by atoms with van der Waals surface area (Å²) in [6, 6.07) is 13.5. The first-order valence-corrected chi connectivity index (χ1v) is 6.36. The summed E-state index contributed by atoms with van der Waals surface area (Å²) in [5.74, 6) is -0.675. The Morgan fingerprint density at radius 1 is 1.05 bits per heavy atom. The molecule has 0 aromatic heterocycles. The zero-order chi connectivity index (χ0) is 14.5. The second kappa shape index (κ2) is 6.21. The summed E-state index contributed by atoms with van der Waals surface area (Å²) >= 11 is 5.83. The van der Waals surface area contributed by atoms with Crippen LogP contribution in [0.3, 0.4) is 0 Å². The maximum atomic E-state index is 11.9. The van der Waals surface area contributed by atoms with Gasteiger partial charge in [0.15, 0.2) is 0 Å². The summed E-state index contributed by atoms with van der Waals surface area (Å²) in [5.41, 5.74) is 6.98. The lowest BCUT2D eigenvalue weighted by atomic mass is 10.1. The minimum absolute atomic E-state index is 0.202. The van der Waals surface area contributed by atoms with Gasteiger partial charge in [0.05, 0.1) is 0 Å². The molecule has 0 aliphatic heterocycles. The van der Waals surface area contributed by atoms with Gasteiger partial charge in [-0.15, -0.1) is 0 Å². The van der Waals surface area contributed by atoms with E-state index in [0.717, 1.165) is 5.56 Å². The minimum atomic E-state index is -0.473.